The summed E-state index contributed by atoms with van der Waals surface area (Å²) in [5, 5.41) is 3.42. The van der Waals surface area contributed by atoms with Crippen LogP contribution in [-0.2, 0) is 4.79 Å². The van der Waals surface area contributed by atoms with Gasteiger partial charge in [-0.15, -0.1) is 0 Å². The van der Waals surface area contributed by atoms with Crippen molar-refractivity contribution >= 4 is 17.3 Å². The average molecular weight is 219 g/mol. The van der Waals surface area contributed by atoms with Gasteiger partial charge in [0.25, 0.3) is 0 Å². The maximum Gasteiger partial charge on any atom is 0.223 e. The number of anilines is 2. The molecule has 1 aromatic rings. The molecule has 2 rings (SSSR count). The van der Waals surface area contributed by atoms with E-state index in [0.29, 0.717) is 12.0 Å². The smallest absolute Gasteiger partial charge is 0.223 e. The van der Waals surface area contributed by atoms with Crippen LogP contribution in [0.1, 0.15) is 20.8 Å². The summed E-state index contributed by atoms with van der Waals surface area (Å²) in [6.45, 7) is 6.63. The van der Waals surface area contributed by atoms with Crippen molar-refractivity contribution in [1.29, 1.82) is 0 Å². The lowest BCUT2D eigenvalue weighted by Crippen LogP contribution is -2.46. The highest BCUT2D eigenvalue weighted by Gasteiger charge is 2.27. The fourth-order valence-electron chi connectivity index (χ4n) is 1.95. The molecule has 0 aromatic carbocycles. The maximum atomic E-state index is 11.6. The Bertz CT molecular complexity index is 403. The molecule has 1 N–H and O–H groups in total. The van der Waals surface area contributed by atoms with E-state index >= 15 is 0 Å². The van der Waals surface area contributed by atoms with Gasteiger partial charge in [-0.2, -0.15) is 0 Å². The molecule has 16 heavy (non-hydrogen) atoms. The van der Waals surface area contributed by atoms with Crippen molar-refractivity contribution in [3.8, 4) is 0 Å². The van der Waals surface area contributed by atoms with E-state index in [2.05, 4.69) is 24.1 Å². The number of rotatable bonds is 1. The normalized spacial score (nSPS) is 19.2. The molecule has 1 aromatic heterocycles. The Labute approximate surface area is 95.7 Å². The van der Waals surface area contributed by atoms with E-state index in [4.69, 9.17) is 0 Å². The Kier molecular flexibility index (Phi) is 2.81. The Morgan fingerprint density at radius 2 is 2.38 bits per heavy atom. The van der Waals surface area contributed by atoms with Gasteiger partial charge in [-0.3, -0.25) is 9.78 Å². The minimum absolute atomic E-state index is 0.0830. The summed E-state index contributed by atoms with van der Waals surface area (Å²) in [4.78, 5) is 17.5. The van der Waals surface area contributed by atoms with Gasteiger partial charge in [0.1, 0.15) is 0 Å². The molecule has 86 valence electrons. The zero-order chi connectivity index (χ0) is 11.7. The maximum absolute atomic E-state index is 11.6. The summed E-state index contributed by atoms with van der Waals surface area (Å²) in [5.41, 5.74) is 1.88. The molecule has 0 radical (unpaired) electrons. The number of amides is 1. The van der Waals surface area contributed by atoms with E-state index < -0.39 is 0 Å². The van der Waals surface area contributed by atoms with Crippen LogP contribution in [0.15, 0.2) is 18.5 Å². The van der Waals surface area contributed by atoms with Gasteiger partial charge >= 0.3 is 0 Å². The van der Waals surface area contributed by atoms with Gasteiger partial charge in [0.15, 0.2) is 0 Å². The topological polar surface area (TPSA) is 45.2 Å². The molecule has 1 amide bonds. The average Bonchev–Trinajstić information content (AvgIpc) is 2.27. The molecule has 0 saturated carbocycles. The van der Waals surface area contributed by atoms with E-state index in [1.807, 2.05) is 11.0 Å². The van der Waals surface area contributed by atoms with Crippen LogP contribution in [0.4, 0.5) is 11.4 Å². The molecule has 0 spiro atoms. The molecule has 1 atom stereocenters. The lowest BCUT2D eigenvalue weighted by molar-refractivity contribution is -0.116. The molecule has 4 heteroatoms. The molecule has 0 fully saturated rings. The van der Waals surface area contributed by atoms with E-state index in [0.717, 1.165) is 17.9 Å². The molecule has 0 aliphatic carbocycles. The first kappa shape index (κ1) is 10.9. The first-order valence-electron chi connectivity index (χ1n) is 5.58. The third-order valence-electron chi connectivity index (χ3n) is 2.99. The van der Waals surface area contributed by atoms with Gasteiger partial charge in [-0.05, 0) is 12.0 Å². The number of hydrogen-bond acceptors (Lipinski definition) is 3. The van der Waals surface area contributed by atoms with Gasteiger partial charge < -0.3 is 10.2 Å². The molecule has 0 bridgehead atoms. The van der Waals surface area contributed by atoms with E-state index in [-0.39, 0.29) is 5.91 Å². The number of nitrogens with one attached hydrogen (secondary N) is 1. The van der Waals surface area contributed by atoms with E-state index in [1.54, 1.807) is 19.3 Å². The number of nitrogens with zero attached hydrogens (tertiary/aromatic N) is 2. The first-order chi connectivity index (χ1) is 7.59. The molecule has 1 aliphatic rings. The Balaban J connectivity index is 2.37. The summed E-state index contributed by atoms with van der Waals surface area (Å²) < 4.78 is 0. The quantitative estimate of drug-likeness (QED) is 0.784. The van der Waals surface area contributed by atoms with Crippen LogP contribution in [0.3, 0.4) is 0 Å². The predicted molar refractivity (Wildman–Crippen MR) is 64.5 cm³/mol. The van der Waals surface area contributed by atoms with Crippen molar-refractivity contribution in [2.24, 2.45) is 5.92 Å². The minimum Gasteiger partial charge on any atom is -0.377 e. The van der Waals surface area contributed by atoms with Crippen LogP contribution >= 0.6 is 0 Å². The van der Waals surface area contributed by atoms with Gasteiger partial charge in [0.2, 0.25) is 5.91 Å². The molecule has 4 nitrogen and oxygen atoms in total. The summed E-state index contributed by atoms with van der Waals surface area (Å²) in [7, 11) is 0. The number of carbonyl (C=O) groups is 1. The fraction of sp³-hybridized carbons (Fsp3) is 0.500. The Hall–Kier alpha value is -1.58. The summed E-state index contributed by atoms with van der Waals surface area (Å²) >= 11 is 0. The number of aromatic nitrogens is 1. The SMILES string of the molecule is CC(=O)N1C[C@H](C(C)C)Nc2cnccc21. The lowest BCUT2D eigenvalue weighted by Gasteiger charge is -2.36. The Morgan fingerprint density at radius 3 is 3.00 bits per heavy atom. The van der Waals surface area contributed by atoms with E-state index in [1.165, 1.54) is 0 Å². The van der Waals surface area contributed by atoms with Crippen molar-refractivity contribution in [3.05, 3.63) is 18.5 Å². The zero-order valence-corrected chi connectivity index (χ0v) is 9.90. The standard InChI is InChI=1S/C12H17N3O/c1-8(2)11-7-15(9(3)16)12-4-5-13-6-10(12)14-11/h4-6,8,11,14H,7H2,1-3H3/t11-/m1/s1. The number of pyridine rings is 1. The molecular weight excluding hydrogens is 202 g/mol. The summed E-state index contributed by atoms with van der Waals surface area (Å²) in [6.07, 6.45) is 3.49. The van der Waals surface area contributed by atoms with Crippen molar-refractivity contribution in [3.63, 3.8) is 0 Å². The third kappa shape index (κ3) is 1.87. The van der Waals surface area contributed by atoms with Gasteiger partial charge in [0.05, 0.1) is 17.6 Å². The highest BCUT2D eigenvalue weighted by Crippen LogP contribution is 2.31. The summed E-state index contributed by atoms with van der Waals surface area (Å²) in [5.74, 6) is 0.565. The minimum atomic E-state index is 0.0830. The number of fused-ring (bicyclic) bond motifs is 1. The number of hydrogen-bond donors (Lipinski definition) is 1. The predicted octanol–water partition coefficient (Wildman–Crippen LogP) is 1.88. The van der Waals surface area contributed by atoms with Crippen LogP contribution in [0.2, 0.25) is 0 Å². The lowest BCUT2D eigenvalue weighted by atomic mass is 10.0. The number of carbonyl (C=O) groups excluding carboxylic acids is 1. The van der Waals surface area contributed by atoms with Crippen LogP contribution < -0.4 is 10.2 Å². The van der Waals surface area contributed by atoms with Crippen LogP contribution in [0.25, 0.3) is 0 Å². The Morgan fingerprint density at radius 1 is 1.62 bits per heavy atom. The molecule has 2 heterocycles. The van der Waals surface area contributed by atoms with Gasteiger partial charge in [-0.1, -0.05) is 13.8 Å². The van der Waals surface area contributed by atoms with Crippen molar-refractivity contribution in [2.75, 3.05) is 16.8 Å². The monoisotopic (exact) mass is 219 g/mol. The van der Waals surface area contributed by atoms with E-state index in [9.17, 15) is 4.79 Å². The second-order valence-corrected chi connectivity index (χ2v) is 4.52. The molecule has 1 aliphatic heterocycles. The third-order valence-corrected chi connectivity index (χ3v) is 2.99. The van der Waals surface area contributed by atoms with Crippen molar-refractivity contribution in [1.82, 2.24) is 4.98 Å². The van der Waals surface area contributed by atoms with Crippen LogP contribution in [0, 0.1) is 5.92 Å². The van der Waals surface area contributed by atoms with Gasteiger partial charge in [0, 0.05) is 25.7 Å². The second-order valence-electron chi connectivity index (χ2n) is 4.52. The second kappa shape index (κ2) is 4.12. The van der Waals surface area contributed by atoms with Crippen molar-refractivity contribution in [2.45, 2.75) is 26.8 Å². The van der Waals surface area contributed by atoms with Gasteiger partial charge in [-0.25, -0.2) is 0 Å². The zero-order valence-electron chi connectivity index (χ0n) is 9.90. The molecule has 0 unspecified atom stereocenters. The van der Waals surface area contributed by atoms with Crippen molar-refractivity contribution < 1.29 is 4.79 Å². The first-order valence-corrected chi connectivity index (χ1v) is 5.58. The molecular formula is C12H17N3O. The molecule has 0 saturated heterocycles. The largest absolute Gasteiger partial charge is 0.377 e. The summed E-state index contributed by atoms with van der Waals surface area (Å²) in [6, 6.07) is 2.17. The van der Waals surface area contributed by atoms with Crippen LogP contribution in [-0.4, -0.2) is 23.5 Å². The highest BCUT2D eigenvalue weighted by molar-refractivity contribution is 5.96. The van der Waals surface area contributed by atoms with Crippen LogP contribution in [0.5, 0.6) is 0 Å². The fourth-order valence-corrected chi connectivity index (χ4v) is 1.95. The highest BCUT2D eigenvalue weighted by atomic mass is 16.2.